The molecule has 0 aliphatic heterocycles. The number of nitrogens with one attached hydrogen (secondary N) is 1. The average molecular weight is 510 g/mol. The Hall–Kier alpha value is -3.99. The van der Waals surface area contributed by atoms with Gasteiger partial charge in [0.2, 0.25) is 0 Å². The summed E-state index contributed by atoms with van der Waals surface area (Å²) in [6.45, 7) is 8.12. The number of halogens is 2. The third-order valence-corrected chi connectivity index (χ3v) is 6.29. The largest absolute Gasteiger partial charge is 0.385 e. The van der Waals surface area contributed by atoms with Gasteiger partial charge < -0.3 is 10.2 Å². The first kappa shape index (κ1) is 26.1. The lowest BCUT2D eigenvalue weighted by atomic mass is 10.2. The van der Waals surface area contributed by atoms with Crippen molar-refractivity contribution < 1.29 is 8.78 Å². The molecule has 9 nitrogen and oxygen atoms in total. The molecular weight excluding hydrogens is 480 g/mol. The molecule has 0 aliphatic carbocycles. The van der Waals surface area contributed by atoms with Crippen molar-refractivity contribution in [1.29, 1.82) is 0 Å². The van der Waals surface area contributed by atoms with Crippen molar-refractivity contribution in [2.24, 2.45) is 7.05 Å². The van der Waals surface area contributed by atoms with Gasteiger partial charge in [0.25, 0.3) is 5.56 Å². The van der Waals surface area contributed by atoms with Crippen LogP contribution < -0.4 is 16.6 Å². The fraction of sp³-hybridized carbons (Fsp3) is 0.346. The van der Waals surface area contributed by atoms with Crippen LogP contribution in [0, 0.1) is 11.6 Å². The Balaban J connectivity index is 1.58. The molecule has 0 aliphatic rings. The Morgan fingerprint density at radius 1 is 0.973 bits per heavy atom. The van der Waals surface area contributed by atoms with E-state index < -0.39 is 22.9 Å². The molecule has 0 saturated heterocycles. The summed E-state index contributed by atoms with van der Waals surface area (Å²) in [6.07, 6.45) is 1.02. The minimum atomic E-state index is -1.03. The van der Waals surface area contributed by atoms with Crippen LogP contribution in [0.3, 0.4) is 0 Å². The quantitative estimate of drug-likeness (QED) is 0.328. The number of anilines is 1. The van der Waals surface area contributed by atoms with Gasteiger partial charge in [0, 0.05) is 24.8 Å². The van der Waals surface area contributed by atoms with E-state index in [1.165, 1.54) is 17.7 Å². The maximum atomic E-state index is 13.7. The Kier molecular flexibility index (Phi) is 8.02. The summed E-state index contributed by atoms with van der Waals surface area (Å²) in [5.74, 6) is -1.79. The highest BCUT2D eigenvalue weighted by atomic mass is 19.2. The van der Waals surface area contributed by atoms with Gasteiger partial charge in [-0.25, -0.2) is 18.6 Å². The molecule has 0 amide bonds. The van der Waals surface area contributed by atoms with Crippen LogP contribution in [0.2, 0.25) is 0 Å². The third-order valence-electron chi connectivity index (χ3n) is 6.29. The van der Waals surface area contributed by atoms with Crippen LogP contribution >= 0.6 is 0 Å². The second kappa shape index (κ2) is 11.4. The van der Waals surface area contributed by atoms with E-state index in [0.717, 1.165) is 55.0 Å². The smallest absolute Gasteiger partial charge is 0.332 e. The lowest BCUT2D eigenvalue weighted by Crippen LogP contribution is -2.39. The Morgan fingerprint density at radius 2 is 1.70 bits per heavy atom. The number of aromatic nitrogens is 5. The summed E-state index contributed by atoms with van der Waals surface area (Å²) in [5, 5.41) is 11.7. The van der Waals surface area contributed by atoms with Crippen molar-refractivity contribution in [3.63, 3.8) is 0 Å². The van der Waals surface area contributed by atoms with Gasteiger partial charge in [-0.05, 0) is 68.0 Å². The van der Waals surface area contributed by atoms with Crippen LogP contribution in [0.25, 0.3) is 22.6 Å². The first-order chi connectivity index (χ1) is 17.8. The van der Waals surface area contributed by atoms with Crippen LogP contribution in [0.5, 0.6) is 0 Å². The molecule has 2 heterocycles. The molecule has 0 saturated carbocycles. The second-order valence-corrected chi connectivity index (χ2v) is 8.67. The summed E-state index contributed by atoms with van der Waals surface area (Å²) >= 11 is 0. The molecule has 0 unspecified atom stereocenters. The number of benzene rings is 2. The van der Waals surface area contributed by atoms with Crippen LogP contribution in [-0.4, -0.2) is 55.4 Å². The Bertz CT molecular complexity index is 1510. The van der Waals surface area contributed by atoms with Crippen molar-refractivity contribution in [3.05, 3.63) is 80.5 Å². The molecule has 0 atom stereocenters. The molecule has 0 fully saturated rings. The van der Waals surface area contributed by atoms with E-state index in [9.17, 15) is 18.4 Å². The van der Waals surface area contributed by atoms with E-state index in [4.69, 9.17) is 0 Å². The van der Waals surface area contributed by atoms with Crippen molar-refractivity contribution in [1.82, 2.24) is 29.2 Å². The lowest BCUT2D eigenvalue weighted by Gasteiger charge is -2.17. The fourth-order valence-electron chi connectivity index (χ4n) is 4.06. The molecule has 0 bridgehead atoms. The van der Waals surface area contributed by atoms with E-state index in [-0.39, 0.29) is 23.5 Å². The minimum Gasteiger partial charge on any atom is -0.385 e. The minimum absolute atomic E-state index is 0.0342. The molecule has 2 aromatic heterocycles. The lowest BCUT2D eigenvalue weighted by molar-refractivity contribution is 0.303. The predicted molar refractivity (Wildman–Crippen MR) is 139 cm³/mol. The first-order valence-corrected chi connectivity index (χ1v) is 12.2. The topological polar surface area (TPSA) is 97.9 Å². The molecule has 4 aromatic rings. The molecular formula is C26H29F2N7O2. The van der Waals surface area contributed by atoms with Crippen molar-refractivity contribution in [2.75, 3.05) is 31.5 Å². The van der Waals surface area contributed by atoms with E-state index in [1.807, 2.05) is 24.3 Å². The molecule has 4 rings (SSSR count). The highest BCUT2D eigenvalue weighted by molar-refractivity contribution is 5.71. The summed E-state index contributed by atoms with van der Waals surface area (Å²) in [7, 11) is 1.33. The third kappa shape index (κ3) is 5.72. The normalized spacial score (nSPS) is 11.4. The van der Waals surface area contributed by atoms with Gasteiger partial charge in [-0.2, -0.15) is 0 Å². The number of fused-ring (bicyclic) bond motifs is 1. The zero-order valence-corrected chi connectivity index (χ0v) is 21.0. The van der Waals surface area contributed by atoms with E-state index in [0.29, 0.717) is 11.1 Å². The maximum Gasteiger partial charge on any atom is 0.332 e. The zero-order chi connectivity index (χ0) is 26.5. The Labute approximate surface area is 212 Å². The highest BCUT2D eigenvalue weighted by Gasteiger charge is 2.17. The van der Waals surface area contributed by atoms with Crippen LogP contribution in [0.1, 0.15) is 25.8 Å². The van der Waals surface area contributed by atoms with Gasteiger partial charge in [-0.15, -0.1) is 10.2 Å². The molecule has 37 heavy (non-hydrogen) atoms. The second-order valence-electron chi connectivity index (χ2n) is 8.67. The summed E-state index contributed by atoms with van der Waals surface area (Å²) in [6, 6.07) is 10.8. The van der Waals surface area contributed by atoms with Crippen LogP contribution in [0.4, 0.5) is 14.5 Å². The monoisotopic (exact) mass is 509 g/mol. The number of hydrogen-bond acceptors (Lipinski definition) is 7. The SMILES string of the molecule is CCN(CC)CCCNc1ccc(-c2nnc3c(n2)c(=O)n(C)c(=O)n3Cc2ccc(F)c(F)c2)cc1. The average Bonchev–Trinajstić information content (AvgIpc) is 2.92. The zero-order valence-electron chi connectivity index (χ0n) is 21.0. The van der Waals surface area contributed by atoms with Crippen molar-refractivity contribution in [3.8, 4) is 11.4 Å². The van der Waals surface area contributed by atoms with Crippen molar-refractivity contribution in [2.45, 2.75) is 26.8 Å². The number of nitrogens with zero attached hydrogens (tertiary/aromatic N) is 6. The first-order valence-electron chi connectivity index (χ1n) is 12.2. The van der Waals surface area contributed by atoms with Gasteiger partial charge in [-0.1, -0.05) is 19.9 Å². The summed E-state index contributed by atoms with van der Waals surface area (Å²) < 4.78 is 29.1. The standard InChI is InChI=1S/C26H29F2N7O2/c1-4-34(5-2)14-6-13-29-19-10-8-18(9-11-19)23-30-22-24(32-31-23)35(26(37)33(3)25(22)36)16-17-7-12-20(27)21(28)15-17/h7-12,15,29H,4-6,13-14,16H2,1-3H3. The van der Waals surface area contributed by atoms with E-state index in [1.54, 1.807) is 0 Å². The maximum absolute atomic E-state index is 13.7. The van der Waals surface area contributed by atoms with Gasteiger partial charge in [0.15, 0.2) is 28.6 Å². The molecule has 0 spiro atoms. The van der Waals surface area contributed by atoms with Crippen LogP contribution in [0.15, 0.2) is 52.1 Å². The predicted octanol–water partition coefficient (Wildman–Crippen LogP) is 3.02. The van der Waals surface area contributed by atoms with Gasteiger partial charge in [-0.3, -0.25) is 13.9 Å². The highest BCUT2D eigenvalue weighted by Crippen LogP contribution is 2.19. The Morgan fingerprint density at radius 3 is 2.38 bits per heavy atom. The number of hydrogen-bond donors (Lipinski definition) is 1. The van der Waals surface area contributed by atoms with Crippen LogP contribution in [-0.2, 0) is 13.6 Å². The molecule has 194 valence electrons. The van der Waals surface area contributed by atoms with Gasteiger partial charge >= 0.3 is 5.69 Å². The van der Waals surface area contributed by atoms with Gasteiger partial charge in [0.05, 0.1) is 6.54 Å². The molecule has 11 heteroatoms. The summed E-state index contributed by atoms with van der Waals surface area (Å²) in [4.78, 5) is 32.4. The molecule has 1 N–H and O–H groups in total. The molecule has 2 aromatic carbocycles. The summed E-state index contributed by atoms with van der Waals surface area (Å²) in [5.41, 5.74) is 0.567. The van der Waals surface area contributed by atoms with Crippen molar-refractivity contribution >= 4 is 16.9 Å². The number of rotatable bonds is 10. The van der Waals surface area contributed by atoms with E-state index in [2.05, 4.69) is 39.2 Å². The van der Waals surface area contributed by atoms with Gasteiger partial charge in [0.1, 0.15) is 0 Å². The van der Waals surface area contributed by atoms with E-state index >= 15 is 0 Å². The fourth-order valence-corrected chi connectivity index (χ4v) is 4.06. The molecule has 0 radical (unpaired) electrons.